The number of nitrogens with one attached hydrogen (secondary N) is 1. The normalized spacial score (nSPS) is 7.80. The summed E-state index contributed by atoms with van der Waals surface area (Å²) in [6.45, 7) is 0.279. The summed E-state index contributed by atoms with van der Waals surface area (Å²) >= 11 is 0. The van der Waals surface area contributed by atoms with Crippen molar-refractivity contribution in [2.75, 3.05) is 0 Å². The summed E-state index contributed by atoms with van der Waals surface area (Å²) in [4.78, 5) is 22.1. The fourth-order valence-corrected chi connectivity index (χ4v) is 0.503. The molecule has 86 valence electrons. The van der Waals surface area contributed by atoms with Crippen molar-refractivity contribution >= 4 is 11.9 Å². The summed E-state index contributed by atoms with van der Waals surface area (Å²) < 4.78 is 0. The zero-order valence-corrected chi connectivity index (χ0v) is 9.76. The van der Waals surface area contributed by atoms with E-state index >= 15 is 0 Å². The van der Waals surface area contributed by atoms with E-state index in [1.54, 1.807) is 6.20 Å². The number of aromatic nitrogens is 1. The fourth-order valence-electron chi connectivity index (χ4n) is 0.503. The van der Waals surface area contributed by atoms with Gasteiger partial charge in [0.25, 0.3) is 0 Å². The van der Waals surface area contributed by atoms with Gasteiger partial charge in [-0.3, -0.25) is 4.98 Å². The molecule has 7 heteroatoms. The maximum absolute atomic E-state index is 9.10. The van der Waals surface area contributed by atoms with Crippen LogP contribution in [0.5, 0.6) is 0 Å². The second-order valence-corrected chi connectivity index (χ2v) is 2.11. The minimum atomic E-state index is -1.82. The number of aliphatic carboxylic acids is 2. The summed E-state index contributed by atoms with van der Waals surface area (Å²) in [6.07, 6.45) is 1.70. The van der Waals surface area contributed by atoms with Crippen molar-refractivity contribution < 1.29 is 40.9 Å². The third kappa shape index (κ3) is 9.05. The average Bonchev–Trinajstić information content (AvgIpc) is 2.20. The van der Waals surface area contributed by atoms with Crippen LogP contribution < -0.4 is 0 Å². The number of hydrogen-bond donors (Lipinski definition) is 2. The quantitative estimate of drug-likeness (QED) is 0.687. The van der Waals surface area contributed by atoms with Gasteiger partial charge in [-0.15, -0.1) is 6.54 Å². The molecule has 0 spiro atoms. The predicted octanol–water partition coefficient (Wildman–Crippen LogP) is 0.787. The standard InChI is InChI=1S/C6H7N2.C2H2O4.Pt/c7-5-6-3-1-2-4-8-6;3-1(4)2(5)6;/h1-4,7H,5H2;(H,3,4)(H,5,6);/q-1;;. The van der Waals surface area contributed by atoms with Crippen LogP contribution in [0.3, 0.4) is 0 Å². The molecule has 0 aliphatic heterocycles. The molecule has 0 unspecified atom stereocenters. The van der Waals surface area contributed by atoms with Gasteiger partial charge in [0.2, 0.25) is 0 Å². The number of pyridine rings is 1. The van der Waals surface area contributed by atoms with Crippen molar-refractivity contribution in [3.63, 3.8) is 0 Å². The minimum absolute atomic E-state index is 0. The van der Waals surface area contributed by atoms with Crippen LogP contribution >= 0.6 is 0 Å². The van der Waals surface area contributed by atoms with Crippen molar-refractivity contribution in [2.45, 2.75) is 6.54 Å². The van der Waals surface area contributed by atoms with Crippen LogP contribution in [-0.2, 0) is 37.2 Å². The van der Waals surface area contributed by atoms with Crippen molar-refractivity contribution in [3.05, 3.63) is 35.8 Å². The second-order valence-electron chi connectivity index (χ2n) is 2.11. The molecule has 0 fully saturated rings. The molecule has 0 saturated heterocycles. The molecule has 0 aliphatic carbocycles. The van der Waals surface area contributed by atoms with Gasteiger partial charge >= 0.3 is 11.9 Å². The van der Waals surface area contributed by atoms with E-state index in [2.05, 4.69) is 4.98 Å². The van der Waals surface area contributed by atoms with Gasteiger partial charge in [0.1, 0.15) is 0 Å². The summed E-state index contributed by atoms with van der Waals surface area (Å²) in [6, 6.07) is 5.57. The Bertz CT molecular complexity index is 293. The topological polar surface area (TPSA) is 111 Å². The van der Waals surface area contributed by atoms with Crippen LogP contribution in [-0.4, -0.2) is 27.1 Å². The van der Waals surface area contributed by atoms with Crippen molar-refractivity contribution in [1.82, 2.24) is 4.98 Å². The Kier molecular flexibility index (Phi) is 10.0. The molecular weight excluding hydrogens is 383 g/mol. The van der Waals surface area contributed by atoms with Gasteiger partial charge in [-0.05, 0) is 12.1 Å². The smallest absolute Gasteiger partial charge is 0.414 e. The average molecular weight is 392 g/mol. The van der Waals surface area contributed by atoms with Gasteiger partial charge in [0, 0.05) is 33.0 Å². The SMILES string of the molecule is O=C(O)C(=O)O.[NH-]Cc1ccccn1.[Pt]. The van der Waals surface area contributed by atoms with Crippen molar-refractivity contribution in [1.29, 1.82) is 0 Å². The molecule has 15 heavy (non-hydrogen) atoms. The molecule has 1 aromatic heterocycles. The van der Waals surface area contributed by atoms with E-state index in [1.165, 1.54) is 0 Å². The summed E-state index contributed by atoms with van der Waals surface area (Å²) in [5.41, 5.74) is 7.71. The Morgan fingerprint density at radius 3 is 2.00 bits per heavy atom. The van der Waals surface area contributed by atoms with Crippen LogP contribution in [0.4, 0.5) is 0 Å². The zero-order chi connectivity index (χ0) is 11.0. The van der Waals surface area contributed by atoms with E-state index in [9.17, 15) is 0 Å². The number of carboxylic acids is 2. The largest absolute Gasteiger partial charge is 0.672 e. The first-order valence-electron chi connectivity index (χ1n) is 3.58. The van der Waals surface area contributed by atoms with Gasteiger partial charge in [-0.1, -0.05) is 6.07 Å². The molecule has 1 rings (SSSR count). The Hall–Kier alpha value is -1.26. The molecule has 0 amide bonds. The third-order valence-electron chi connectivity index (χ3n) is 1.09. The van der Waals surface area contributed by atoms with Gasteiger partial charge in [0.05, 0.1) is 0 Å². The van der Waals surface area contributed by atoms with E-state index < -0.39 is 11.9 Å². The Balaban J connectivity index is 0. The van der Waals surface area contributed by atoms with E-state index in [-0.39, 0.29) is 27.6 Å². The molecule has 1 heterocycles. The van der Waals surface area contributed by atoms with Crippen molar-refractivity contribution in [3.8, 4) is 0 Å². The first-order chi connectivity index (χ1) is 6.57. The number of carboxylic acid groups (broad SMARTS) is 2. The Labute approximate surface area is 100 Å². The zero-order valence-electron chi connectivity index (χ0n) is 7.49. The summed E-state index contributed by atoms with van der Waals surface area (Å²) in [7, 11) is 0. The van der Waals surface area contributed by atoms with E-state index in [1.807, 2.05) is 18.2 Å². The molecule has 0 saturated carbocycles. The maximum Gasteiger partial charge on any atom is 0.414 e. The van der Waals surface area contributed by atoms with E-state index in [0.29, 0.717) is 0 Å². The van der Waals surface area contributed by atoms with Crippen LogP contribution in [0, 0.1) is 0 Å². The predicted molar refractivity (Wildman–Crippen MR) is 47.5 cm³/mol. The van der Waals surface area contributed by atoms with Crippen LogP contribution in [0.1, 0.15) is 5.69 Å². The number of carbonyl (C=O) groups is 2. The van der Waals surface area contributed by atoms with Crippen LogP contribution in [0.15, 0.2) is 24.4 Å². The number of hydrogen-bond acceptors (Lipinski definition) is 3. The van der Waals surface area contributed by atoms with Gasteiger partial charge in [-0.25, -0.2) is 9.59 Å². The van der Waals surface area contributed by atoms with Gasteiger partial charge < -0.3 is 15.9 Å². The molecule has 0 radical (unpaired) electrons. The first kappa shape index (κ1) is 16.2. The molecule has 0 aromatic carbocycles. The maximum atomic E-state index is 9.10. The first-order valence-corrected chi connectivity index (χ1v) is 3.58. The molecule has 0 atom stereocenters. The van der Waals surface area contributed by atoms with Gasteiger partial charge in [0.15, 0.2) is 0 Å². The molecule has 3 N–H and O–H groups in total. The monoisotopic (exact) mass is 392 g/mol. The van der Waals surface area contributed by atoms with Crippen LogP contribution in [0.25, 0.3) is 5.73 Å². The Morgan fingerprint density at radius 2 is 1.80 bits per heavy atom. The summed E-state index contributed by atoms with van der Waals surface area (Å²) in [5, 5.41) is 14.8. The fraction of sp³-hybridized carbons (Fsp3) is 0.125. The number of nitrogens with zero attached hydrogens (tertiary/aromatic N) is 1. The molecule has 0 bridgehead atoms. The van der Waals surface area contributed by atoms with Crippen molar-refractivity contribution in [2.24, 2.45) is 0 Å². The summed E-state index contributed by atoms with van der Waals surface area (Å²) in [5.74, 6) is -3.65. The molecule has 6 nitrogen and oxygen atoms in total. The second kappa shape index (κ2) is 9.30. The third-order valence-corrected chi connectivity index (χ3v) is 1.09. The van der Waals surface area contributed by atoms with E-state index in [0.717, 1.165) is 5.69 Å². The number of rotatable bonds is 1. The molecule has 1 aromatic rings. The van der Waals surface area contributed by atoms with Crippen LogP contribution in [0.2, 0.25) is 0 Å². The van der Waals surface area contributed by atoms with E-state index in [4.69, 9.17) is 25.5 Å². The Morgan fingerprint density at radius 1 is 1.27 bits per heavy atom. The molecular formula is C8H9N2O4Pt-. The van der Waals surface area contributed by atoms with Gasteiger partial charge in [-0.2, -0.15) is 0 Å². The molecule has 0 aliphatic rings. The minimum Gasteiger partial charge on any atom is -0.672 e.